The van der Waals surface area contributed by atoms with Gasteiger partial charge in [0.05, 0.1) is 14.2 Å². The summed E-state index contributed by atoms with van der Waals surface area (Å²) >= 11 is 0. The molecule has 0 aliphatic carbocycles. The quantitative estimate of drug-likeness (QED) is 0.846. The molecule has 25 heavy (non-hydrogen) atoms. The Morgan fingerprint density at radius 2 is 1.96 bits per heavy atom. The van der Waals surface area contributed by atoms with Gasteiger partial charge in [0, 0.05) is 36.3 Å². The summed E-state index contributed by atoms with van der Waals surface area (Å²) in [4.78, 5) is 11.5. The van der Waals surface area contributed by atoms with Gasteiger partial charge in [0.1, 0.15) is 11.5 Å². The first kappa shape index (κ1) is 17.3. The highest BCUT2D eigenvalue weighted by Gasteiger charge is 2.16. The molecule has 2 aromatic rings. The topological polar surface area (TPSA) is 59.6 Å². The molecule has 0 saturated heterocycles. The van der Waals surface area contributed by atoms with Crippen LogP contribution in [0.2, 0.25) is 0 Å². The maximum absolute atomic E-state index is 11.5. The third-order valence-corrected chi connectivity index (χ3v) is 4.62. The molecule has 1 atom stereocenters. The van der Waals surface area contributed by atoms with Crippen LogP contribution in [0.3, 0.4) is 0 Å². The second-order valence-corrected chi connectivity index (χ2v) is 6.25. The van der Waals surface area contributed by atoms with E-state index < -0.39 is 0 Å². The zero-order chi connectivity index (χ0) is 17.8. The summed E-state index contributed by atoms with van der Waals surface area (Å²) in [5.74, 6) is 1.69. The number of nitrogens with one attached hydrogen (secondary N) is 2. The number of anilines is 1. The second kappa shape index (κ2) is 7.57. The number of hydrogen-bond donors (Lipinski definition) is 2. The molecule has 2 aromatic carbocycles. The molecular formula is C20H24N2O3. The molecule has 0 spiro atoms. The van der Waals surface area contributed by atoms with E-state index in [0.29, 0.717) is 13.0 Å². The van der Waals surface area contributed by atoms with Crippen LogP contribution in [0.4, 0.5) is 5.69 Å². The Morgan fingerprint density at radius 1 is 1.12 bits per heavy atom. The minimum Gasteiger partial charge on any atom is -0.497 e. The van der Waals surface area contributed by atoms with Crippen molar-refractivity contribution in [3.05, 3.63) is 53.1 Å². The summed E-state index contributed by atoms with van der Waals surface area (Å²) < 4.78 is 10.7. The normalized spacial score (nSPS) is 14.4. The molecule has 5 nitrogen and oxygen atoms in total. The Kier molecular flexibility index (Phi) is 5.24. The summed E-state index contributed by atoms with van der Waals surface area (Å²) in [6.45, 7) is 2.83. The number of rotatable bonds is 6. The molecule has 0 saturated carbocycles. The van der Waals surface area contributed by atoms with E-state index in [9.17, 15) is 4.79 Å². The molecule has 1 aliphatic rings. The predicted octanol–water partition coefficient (Wildman–Crippen LogP) is 3.44. The molecule has 0 aromatic heterocycles. The smallest absolute Gasteiger partial charge is 0.224 e. The predicted molar refractivity (Wildman–Crippen MR) is 98.2 cm³/mol. The van der Waals surface area contributed by atoms with Crippen LogP contribution < -0.4 is 20.1 Å². The minimum absolute atomic E-state index is 0.0954. The molecule has 1 aliphatic heterocycles. The maximum Gasteiger partial charge on any atom is 0.224 e. The van der Waals surface area contributed by atoms with Crippen molar-refractivity contribution in [2.45, 2.75) is 32.4 Å². The van der Waals surface area contributed by atoms with Gasteiger partial charge in [-0.3, -0.25) is 4.79 Å². The van der Waals surface area contributed by atoms with Crippen molar-refractivity contribution in [3.8, 4) is 11.5 Å². The fourth-order valence-corrected chi connectivity index (χ4v) is 3.05. The Morgan fingerprint density at radius 3 is 2.72 bits per heavy atom. The van der Waals surface area contributed by atoms with Crippen molar-refractivity contribution in [2.24, 2.45) is 0 Å². The average molecular weight is 340 g/mol. The lowest BCUT2D eigenvalue weighted by Gasteiger charge is -2.21. The molecule has 5 heteroatoms. The molecule has 1 unspecified atom stereocenters. The van der Waals surface area contributed by atoms with Gasteiger partial charge in [0.15, 0.2) is 0 Å². The Bertz CT molecular complexity index is 774. The van der Waals surface area contributed by atoms with Gasteiger partial charge in [-0.25, -0.2) is 0 Å². The summed E-state index contributed by atoms with van der Waals surface area (Å²) in [6, 6.07) is 12.3. The summed E-state index contributed by atoms with van der Waals surface area (Å²) in [6.07, 6.45) is 1.36. The molecular weight excluding hydrogens is 316 g/mol. The SMILES string of the molecule is COc1ccc(CNC(C)c2ccc3c(c2)CCC(=O)N3)c(OC)c1. The van der Waals surface area contributed by atoms with Crippen LogP contribution in [-0.2, 0) is 17.8 Å². The third-order valence-electron chi connectivity index (χ3n) is 4.62. The van der Waals surface area contributed by atoms with E-state index in [2.05, 4.69) is 29.7 Å². The van der Waals surface area contributed by atoms with Crippen molar-refractivity contribution < 1.29 is 14.3 Å². The highest BCUT2D eigenvalue weighted by molar-refractivity contribution is 5.93. The molecule has 3 rings (SSSR count). The summed E-state index contributed by atoms with van der Waals surface area (Å²) in [5, 5.41) is 6.46. The zero-order valence-corrected chi connectivity index (χ0v) is 14.9. The van der Waals surface area contributed by atoms with E-state index >= 15 is 0 Å². The van der Waals surface area contributed by atoms with Gasteiger partial charge in [0.25, 0.3) is 0 Å². The van der Waals surface area contributed by atoms with Crippen molar-refractivity contribution in [1.82, 2.24) is 5.32 Å². The Hall–Kier alpha value is -2.53. The molecule has 0 radical (unpaired) electrons. The number of amides is 1. The van der Waals surface area contributed by atoms with Crippen LogP contribution in [0.1, 0.15) is 36.1 Å². The average Bonchev–Trinajstić information content (AvgIpc) is 2.65. The van der Waals surface area contributed by atoms with Gasteiger partial charge >= 0.3 is 0 Å². The van der Waals surface area contributed by atoms with E-state index in [1.807, 2.05) is 24.3 Å². The summed E-state index contributed by atoms with van der Waals surface area (Å²) in [7, 11) is 3.31. The number of fused-ring (bicyclic) bond motifs is 1. The van der Waals surface area contributed by atoms with E-state index in [1.165, 1.54) is 11.1 Å². The second-order valence-electron chi connectivity index (χ2n) is 6.25. The number of methoxy groups -OCH3 is 2. The third kappa shape index (κ3) is 3.94. The molecule has 0 bridgehead atoms. The van der Waals surface area contributed by atoms with E-state index in [4.69, 9.17) is 9.47 Å². The summed E-state index contributed by atoms with van der Waals surface area (Å²) in [5.41, 5.74) is 4.43. The van der Waals surface area contributed by atoms with Gasteiger partial charge in [-0.15, -0.1) is 0 Å². The lowest BCUT2D eigenvalue weighted by Crippen LogP contribution is -2.21. The number of ether oxygens (including phenoxy) is 2. The van der Waals surface area contributed by atoms with Gasteiger partial charge in [-0.2, -0.15) is 0 Å². The number of benzene rings is 2. The standard InChI is InChI=1S/C20H24N2O3/c1-13(14-5-8-18-15(10-14)6-9-20(23)22-18)21-12-16-4-7-17(24-2)11-19(16)25-3/h4-5,7-8,10-11,13,21H,6,9,12H2,1-3H3,(H,22,23). The van der Waals surface area contributed by atoms with Gasteiger partial charge in [-0.1, -0.05) is 18.2 Å². The lowest BCUT2D eigenvalue weighted by atomic mass is 9.97. The molecule has 0 fully saturated rings. The van der Waals surface area contributed by atoms with E-state index in [1.54, 1.807) is 14.2 Å². The number of hydrogen-bond acceptors (Lipinski definition) is 4. The van der Waals surface area contributed by atoms with Crippen molar-refractivity contribution in [2.75, 3.05) is 19.5 Å². The van der Waals surface area contributed by atoms with E-state index in [0.717, 1.165) is 29.2 Å². The molecule has 2 N–H and O–H groups in total. The first-order valence-corrected chi connectivity index (χ1v) is 8.47. The first-order valence-electron chi connectivity index (χ1n) is 8.47. The number of aryl methyl sites for hydroxylation is 1. The largest absolute Gasteiger partial charge is 0.497 e. The number of carbonyl (C=O) groups is 1. The highest BCUT2D eigenvalue weighted by Crippen LogP contribution is 2.28. The maximum atomic E-state index is 11.5. The van der Waals surface area contributed by atoms with Gasteiger partial charge < -0.3 is 20.1 Å². The number of carbonyl (C=O) groups excluding carboxylic acids is 1. The molecule has 1 heterocycles. The van der Waals surface area contributed by atoms with Crippen molar-refractivity contribution in [1.29, 1.82) is 0 Å². The Balaban J connectivity index is 1.69. The fraction of sp³-hybridized carbons (Fsp3) is 0.350. The van der Waals surface area contributed by atoms with Crippen LogP contribution in [0.15, 0.2) is 36.4 Å². The van der Waals surface area contributed by atoms with E-state index in [-0.39, 0.29) is 11.9 Å². The van der Waals surface area contributed by atoms with Crippen molar-refractivity contribution >= 4 is 11.6 Å². The lowest BCUT2D eigenvalue weighted by molar-refractivity contribution is -0.116. The van der Waals surface area contributed by atoms with Crippen LogP contribution in [0.5, 0.6) is 11.5 Å². The van der Waals surface area contributed by atoms with Gasteiger partial charge in [0.2, 0.25) is 5.91 Å². The zero-order valence-electron chi connectivity index (χ0n) is 14.9. The fourth-order valence-electron chi connectivity index (χ4n) is 3.05. The monoisotopic (exact) mass is 340 g/mol. The Labute approximate surface area is 148 Å². The van der Waals surface area contributed by atoms with Gasteiger partial charge in [-0.05, 0) is 36.6 Å². The van der Waals surface area contributed by atoms with Crippen LogP contribution in [0.25, 0.3) is 0 Å². The molecule has 1 amide bonds. The highest BCUT2D eigenvalue weighted by atomic mass is 16.5. The first-order chi connectivity index (χ1) is 12.1. The van der Waals surface area contributed by atoms with Crippen LogP contribution >= 0.6 is 0 Å². The van der Waals surface area contributed by atoms with Crippen LogP contribution in [-0.4, -0.2) is 20.1 Å². The van der Waals surface area contributed by atoms with Crippen LogP contribution in [0, 0.1) is 0 Å². The molecule has 132 valence electrons. The van der Waals surface area contributed by atoms with Crippen molar-refractivity contribution in [3.63, 3.8) is 0 Å². The minimum atomic E-state index is 0.0954.